The Morgan fingerprint density at radius 2 is 0.976 bits per heavy atom. The molecule has 1 heterocycles. The van der Waals surface area contributed by atoms with Crippen LogP contribution >= 0.6 is 0 Å². The lowest BCUT2D eigenvalue weighted by Gasteiger charge is -2.29. The van der Waals surface area contributed by atoms with Crippen molar-refractivity contribution in [2.24, 2.45) is 5.92 Å². The lowest BCUT2D eigenvalue weighted by atomic mass is 9.84. The van der Waals surface area contributed by atoms with E-state index in [-0.39, 0.29) is 0 Å². The van der Waals surface area contributed by atoms with Crippen LogP contribution in [0.2, 0.25) is 0 Å². The highest BCUT2D eigenvalue weighted by molar-refractivity contribution is 5.15. The van der Waals surface area contributed by atoms with Gasteiger partial charge in [-0.3, -0.25) is 0 Å². The highest BCUT2D eigenvalue weighted by atomic mass is 15.1. The van der Waals surface area contributed by atoms with Crippen LogP contribution in [0.1, 0.15) is 186 Å². The summed E-state index contributed by atoms with van der Waals surface area (Å²) in [7, 11) is 0. The molecule has 0 aliphatic carbocycles. The van der Waals surface area contributed by atoms with Crippen molar-refractivity contribution in [3.05, 3.63) is 54.6 Å². The fraction of sp³-hybridized carbons (Fsp3) is 0.769. The normalized spacial score (nSPS) is 13.0. The van der Waals surface area contributed by atoms with E-state index in [9.17, 15) is 0 Å². The van der Waals surface area contributed by atoms with Crippen molar-refractivity contribution in [3.63, 3.8) is 0 Å². The highest BCUT2D eigenvalue weighted by Crippen LogP contribution is 2.32. The van der Waals surface area contributed by atoms with E-state index in [4.69, 9.17) is 0 Å². The number of imidazole rings is 1. The average molecular weight is 565 g/mol. The van der Waals surface area contributed by atoms with Crippen LogP contribution in [0.4, 0.5) is 0 Å². The van der Waals surface area contributed by atoms with Crippen LogP contribution in [0.15, 0.2) is 49.1 Å². The van der Waals surface area contributed by atoms with Crippen molar-refractivity contribution in [1.29, 1.82) is 0 Å². The molecule has 2 unspecified atom stereocenters. The summed E-state index contributed by atoms with van der Waals surface area (Å²) < 4.78 is 2.44. The smallest absolute Gasteiger partial charge is 0.0948 e. The summed E-state index contributed by atoms with van der Waals surface area (Å²) in [6, 6.07) is 11.8. The molecule has 0 radical (unpaired) electrons. The van der Waals surface area contributed by atoms with Gasteiger partial charge in [-0.1, -0.05) is 192 Å². The molecule has 0 spiro atoms. The number of unbranched alkanes of at least 4 members (excludes halogenated alkanes) is 21. The Bertz CT molecular complexity index is 768. The van der Waals surface area contributed by atoms with Gasteiger partial charge in [0.2, 0.25) is 0 Å². The molecule has 1 aromatic heterocycles. The Balaban J connectivity index is 1.63. The van der Waals surface area contributed by atoms with Gasteiger partial charge >= 0.3 is 0 Å². The summed E-state index contributed by atoms with van der Waals surface area (Å²) >= 11 is 0. The minimum atomic E-state index is 0.574. The Hall–Kier alpha value is -1.57. The van der Waals surface area contributed by atoms with Crippen molar-refractivity contribution >= 4 is 0 Å². The van der Waals surface area contributed by atoms with E-state index < -0.39 is 0 Å². The van der Waals surface area contributed by atoms with Gasteiger partial charge in [-0.2, -0.15) is 0 Å². The number of rotatable bonds is 29. The van der Waals surface area contributed by atoms with E-state index in [1.807, 2.05) is 6.20 Å². The van der Waals surface area contributed by atoms with Crippen LogP contribution in [0.5, 0.6) is 0 Å². The molecule has 0 bridgehead atoms. The van der Waals surface area contributed by atoms with Gasteiger partial charge in [-0.25, -0.2) is 4.98 Å². The summed E-state index contributed by atoms with van der Waals surface area (Å²) in [4.78, 5) is 4.45. The first-order valence-corrected chi connectivity index (χ1v) is 18.4. The second-order valence-electron chi connectivity index (χ2n) is 13.0. The molecule has 2 aromatic rings. The van der Waals surface area contributed by atoms with Crippen molar-refractivity contribution in [2.75, 3.05) is 0 Å². The Morgan fingerprint density at radius 1 is 0.537 bits per heavy atom. The molecule has 0 amide bonds. The lowest BCUT2D eigenvalue weighted by Crippen LogP contribution is -2.21. The maximum atomic E-state index is 4.45. The second kappa shape index (κ2) is 26.1. The fourth-order valence-corrected chi connectivity index (χ4v) is 6.71. The van der Waals surface area contributed by atoms with Gasteiger partial charge < -0.3 is 4.57 Å². The highest BCUT2D eigenvalue weighted by Gasteiger charge is 2.23. The molecule has 0 N–H and O–H groups in total. The predicted molar refractivity (Wildman–Crippen MR) is 182 cm³/mol. The van der Waals surface area contributed by atoms with Crippen LogP contribution < -0.4 is 0 Å². The largest absolute Gasteiger partial charge is 0.334 e. The molecule has 0 fully saturated rings. The molecule has 2 rings (SSSR count). The first-order chi connectivity index (χ1) is 20.3. The van der Waals surface area contributed by atoms with E-state index >= 15 is 0 Å². The molecule has 41 heavy (non-hydrogen) atoms. The Labute approximate surface area is 256 Å². The van der Waals surface area contributed by atoms with Crippen molar-refractivity contribution in [3.8, 4) is 0 Å². The number of aromatic nitrogens is 2. The number of benzene rings is 1. The first kappa shape index (κ1) is 35.6. The quantitative estimate of drug-likeness (QED) is 0.0898. The van der Waals surface area contributed by atoms with Crippen LogP contribution in [0.3, 0.4) is 0 Å². The lowest BCUT2D eigenvalue weighted by molar-refractivity contribution is 0.275. The van der Waals surface area contributed by atoms with Gasteiger partial charge in [0.1, 0.15) is 0 Å². The average Bonchev–Trinajstić information content (AvgIpc) is 3.53. The van der Waals surface area contributed by atoms with E-state index in [0.29, 0.717) is 12.0 Å². The number of hydrogen-bond acceptors (Lipinski definition) is 1. The van der Waals surface area contributed by atoms with Gasteiger partial charge in [0.15, 0.2) is 0 Å². The molecule has 234 valence electrons. The molecule has 0 aliphatic heterocycles. The summed E-state index contributed by atoms with van der Waals surface area (Å²) in [6.45, 7) is 4.61. The van der Waals surface area contributed by atoms with Gasteiger partial charge in [-0.15, -0.1) is 0 Å². The molecule has 2 atom stereocenters. The van der Waals surface area contributed by atoms with Crippen LogP contribution in [0, 0.1) is 5.92 Å². The predicted octanol–water partition coefficient (Wildman–Crippen LogP) is 13.1. The zero-order valence-electron chi connectivity index (χ0n) is 27.6. The van der Waals surface area contributed by atoms with Crippen molar-refractivity contribution in [2.45, 2.75) is 187 Å². The van der Waals surface area contributed by atoms with Gasteiger partial charge in [0.25, 0.3) is 0 Å². The maximum absolute atomic E-state index is 4.45. The van der Waals surface area contributed by atoms with Gasteiger partial charge in [-0.05, 0) is 30.7 Å². The third-order valence-electron chi connectivity index (χ3n) is 9.32. The summed E-state index contributed by atoms with van der Waals surface area (Å²) in [5, 5.41) is 0. The summed E-state index contributed by atoms with van der Waals surface area (Å²) in [6.07, 6.45) is 42.8. The van der Waals surface area contributed by atoms with E-state index in [1.54, 1.807) is 0 Å². The van der Waals surface area contributed by atoms with E-state index in [0.717, 1.165) is 0 Å². The van der Waals surface area contributed by atoms with Gasteiger partial charge in [0.05, 0.1) is 6.33 Å². The molecular weight excluding hydrogens is 496 g/mol. The van der Waals surface area contributed by atoms with Crippen LogP contribution in [0.25, 0.3) is 0 Å². The fourth-order valence-electron chi connectivity index (χ4n) is 6.71. The molecule has 2 heteroatoms. The van der Waals surface area contributed by atoms with Crippen LogP contribution in [-0.2, 0) is 6.42 Å². The first-order valence-electron chi connectivity index (χ1n) is 18.4. The summed E-state index contributed by atoms with van der Waals surface area (Å²) in [5.74, 6) is 0.693. The third kappa shape index (κ3) is 18.6. The SMILES string of the molecule is CCCCCCCCCCCCCCCCCCCC(Cc1ccccc1)C(CCCCCCCC)n1ccnc1. The Kier molecular flexibility index (Phi) is 22.7. The molecule has 0 aliphatic rings. The summed E-state index contributed by atoms with van der Waals surface area (Å²) in [5.41, 5.74) is 1.50. The van der Waals surface area contributed by atoms with E-state index in [1.165, 1.54) is 173 Å². The molecular formula is C39H68N2. The zero-order chi connectivity index (χ0) is 29.1. The number of nitrogens with zero attached hydrogens (tertiary/aromatic N) is 2. The third-order valence-corrected chi connectivity index (χ3v) is 9.32. The Morgan fingerprint density at radius 3 is 1.41 bits per heavy atom. The zero-order valence-corrected chi connectivity index (χ0v) is 27.6. The second-order valence-corrected chi connectivity index (χ2v) is 13.0. The monoisotopic (exact) mass is 565 g/mol. The van der Waals surface area contributed by atoms with Crippen LogP contribution in [-0.4, -0.2) is 9.55 Å². The van der Waals surface area contributed by atoms with Gasteiger partial charge in [0, 0.05) is 18.4 Å². The maximum Gasteiger partial charge on any atom is 0.0948 e. The molecule has 0 saturated heterocycles. The van der Waals surface area contributed by atoms with Crippen molar-refractivity contribution in [1.82, 2.24) is 9.55 Å². The number of hydrogen-bond donors (Lipinski definition) is 0. The topological polar surface area (TPSA) is 17.8 Å². The molecule has 1 aromatic carbocycles. The van der Waals surface area contributed by atoms with E-state index in [2.05, 4.69) is 66.3 Å². The van der Waals surface area contributed by atoms with Crippen molar-refractivity contribution < 1.29 is 0 Å². The standard InChI is InChI=1S/C39H68N2/c1-3-5-7-9-11-12-13-14-15-16-17-18-19-20-21-22-27-31-38(35-37-29-25-24-26-30-37)39(41-34-33-40-36-41)32-28-23-10-8-6-4-2/h24-26,29-30,33-34,36,38-39H,3-23,27-28,31-32,35H2,1-2H3. The molecule has 0 saturated carbocycles. The minimum absolute atomic E-state index is 0.574. The molecule has 2 nitrogen and oxygen atoms in total. The minimum Gasteiger partial charge on any atom is -0.334 e.